The number of rotatable bonds is 3. The molecule has 1 fully saturated rings. The molecule has 1 aromatic rings. The van der Waals surface area contributed by atoms with Crippen molar-refractivity contribution < 1.29 is 4.39 Å². The molecule has 1 heterocycles. The highest BCUT2D eigenvalue weighted by atomic mass is 19.1. The molecule has 2 nitrogen and oxygen atoms in total. The monoisotopic (exact) mass is 236 g/mol. The van der Waals surface area contributed by atoms with Gasteiger partial charge in [0.2, 0.25) is 0 Å². The van der Waals surface area contributed by atoms with Crippen molar-refractivity contribution in [3.8, 4) is 0 Å². The predicted octanol–water partition coefficient (Wildman–Crippen LogP) is 2.05. The van der Waals surface area contributed by atoms with Gasteiger partial charge in [-0.1, -0.05) is 12.1 Å². The van der Waals surface area contributed by atoms with Crippen molar-refractivity contribution >= 4 is 0 Å². The molecule has 0 bridgehead atoms. The number of hydrogen-bond acceptors (Lipinski definition) is 2. The van der Waals surface area contributed by atoms with Gasteiger partial charge in [0.25, 0.3) is 0 Å². The van der Waals surface area contributed by atoms with Gasteiger partial charge in [-0.15, -0.1) is 0 Å². The number of benzene rings is 1. The SMILES string of the molecule is CNC1(Cc2cccc(F)c2)CCCN(C)C1. The second-order valence-corrected chi connectivity index (χ2v) is 5.18. The number of nitrogens with one attached hydrogen (secondary N) is 1. The minimum Gasteiger partial charge on any atom is -0.313 e. The van der Waals surface area contributed by atoms with E-state index >= 15 is 0 Å². The van der Waals surface area contributed by atoms with Crippen LogP contribution < -0.4 is 5.32 Å². The van der Waals surface area contributed by atoms with Crippen molar-refractivity contribution in [1.82, 2.24) is 10.2 Å². The third-order valence-electron chi connectivity index (χ3n) is 3.73. The molecule has 0 saturated carbocycles. The smallest absolute Gasteiger partial charge is 0.123 e. The molecular weight excluding hydrogens is 215 g/mol. The molecule has 94 valence electrons. The fourth-order valence-electron chi connectivity index (χ4n) is 2.84. The Labute approximate surface area is 103 Å². The molecule has 0 spiro atoms. The van der Waals surface area contributed by atoms with Crippen LogP contribution in [0.4, 0.5) is 4.39 Å². The summed E-state index contributed by atoms with van der Waals surface area (Å²) in [5.74, 6) is -0.141. The lowest BCUT2D eigenvalue weighted by Crippen LogP contribution is -2.56. The molecule has 1 unspecified atom stereocenters. The Balaban J connectivity index is 2.13. The van der Waals surface area contributed by atoms with Crippen LogP contribution >= 0.6 is 0 Å². The molecule has 0 radical (unpaired) electrons. The molecule has 3 heteroatoms. The van der Waals surface area contributed by atoms with Crippen LogP contribution in [0.3, 0.4) is 0 Å². The van der Waals surface area contributed by atoms with E-state index in [0.29, 0.717) is 0 Å². The molecule has 0 aromatic heterocycles. The minimum atomic E-state index is -0.141. The fraction of sp³-hybridized carbons (Fsp3) is 0.571. The van der Waals surface area contributed by atoms with Crippen LogP contribution in [0.1, 0.15) is 18.4 Å². The second-order valence-electron chi connectivity index (χ2n) is 5.18. The van der Waals surface area contributed by atoms with E-state index in [9.17, 15) is 4.39 Å². The second kappa shape index (κ2) is 5.15. The van der Waals surface area contributed by atoms with Crippen LogP contribution in [0.5, 0.6) is 0 Å². The summed E-state index contributed by atoms with van der Waals surface area (Å²) in [6.45, 7) is 2.19. The van der Waals surface area contributed by atoms with Gasteiger partial charge in [0.05, 0.1) is 0 Å². The zero-order valence-corrected chi connectivity index (χ0v) is 10.7. The quantitative estimate of drug-likeness (QED) is 0.864. The number of likely N-dealkylation sites (tertiary alicyclic amines) is 1. The first-order valence-electron chi connectivity index (χ1n) is 6.25. The van der Waals surface area contributed by atoms with Gasteiger partial charge in [0, 0.05) is 12.1 Å². The Morgan fingerprint density at radius 1 is 1.47 bits per heavy atom. The number of likely N-dealkylation sites (N-methyl/N-ethyl adjacent to an activating group) is 2. The number of piperidine rings is 1. The van der Waals surface area contributed by atoms with Crippen molar-refractivity contribution in [2.24, 2.45) is 0 Å². The average Bonchev–Trinajstić information content (AvgIpc) is 2.29. The topological polar surface area (TPSA) is 15.3 Å². The minimum absolute atomic E-state index is 0.0980. The molecule has 2 rings (SSSR count). The first-order chi connectivity index (χ1) is 8.13. The van der Waals surface area contributed by atoms with E-state index in [0.717, 1.165) is 31.5 Å². The van der Waals surface area contributed by atoms with Gasteiger partial charge in [0.1, 0.15) is 5.82 Å². The van der Waals surface area contributed by atoms with E-state index in [-0.39, 0.29) is 11.4 Å². The molecule has 1 N–H and O–H groups in total. The molecule has 1 atom stereocenters. The van der Waals surface area contributed by atoms with Crippen molar-refractivity contribution in [2.75, 3.05) is 27.2 Å². The summed E-state index contributed by atoms with van der Waals surface area (Å²) in [5.41, 5.74) is 1.18. The highest BCUT2D eigenvalue weighted by Crippen LogP contribution is 2.24. The van der Waals surface area contributed by atoms with E-state index in [1.807, 2.05) is 13.1 Å². The maximum Gasteiger partial charge on any atom is 0.123 e. The number of halogens is 1. The van der Waals surface area contributed by atoms with Crippen LogP contribution in [0.15, 0.2) is 24.3 Å². The normalized spacial score (nSPS) is 26.1. The van der Waals surface area contributed by atoms with Gasteiger partial charge in [-0.25, -0.2) is 4.39 Å². The average molecular weight is 236 g/mol. The van der Waals surface area contributed by atoms with E-state index < -0.39 is 0 Å². The number of hydrogen-bond donors (Lipinski definition) is 1. The van der Waals surface area contributed by atoms with Crippen LogP contribution in [-0.2, 0) is 6.42 Å². The Morgan fingerprint density at radius 2 is 2.29 bits per heavy atom. The van der Waals surface area contributed by atoms with Crippen LogP contribution in [0.2, 0.25) is 0 Å². The standard InChI is InChI=1S/C14H21FN2/c1-16-14(7-4-8-17(2)11-14)10-12-5-3-6-13(15)9-12/h3,5-6,9,16H,4,7-8,10-11H2,1-2H3. The van der Waals surface area contributed by atoms with Gasteiger partial charge in [-0.05, 0) is 57.6 Å². The highest BCUT2D eigenvalue weighted by molar-refractivity contribution is 5.20. The van der Waals surface area contributed by atoms with Gasteiger partial charge < -0.3 is 10.2 Å². The summed E-state index contributed by atoms with van der Waals surface area (Å²) >= 11 is 0. The Hall–Kier alpha value is -0.930. The van der Waals surface area contributed by atoms with Crippen LogP contribution in [0.25, 0.3) is 0 Å². The Kier molecular flexibility index (Phi) is 3.79. The van der Waals surface area contributed by atoms with Crippen molar-refractivity contribution in [2.45, 2.75) is 24.8 Å². The van der Waals surface area contributed by atoms with Crippen molar-refractivity contribution in [1.29, 1.82) is 0 Å². The zero-order valence-electron chi connectivity index (χ0n) is 10.7. The maximum absolute atomic E-state index is 13.2. The summed E-state index contributed by atoms with van der Waals surface area (Å²) in [4.78, 5) is 2.35. The molecule has 1 saturated heterocycles. The van der Waals surface area contributed by atoms with Gasteiger partial charge in [-0.3, -0.25) is 0 Å². The lowest BCUT2D eigenvalue weighted by molar-refractivity contribution is 0.151. The third-order valence-corrected chi connectivity index (χ3v) is 3.73. The van der Waals surface area contributed by atoms with Crippen molar-refractivity contribution in [3.63, 3.8) is 0 Å². The molecule has 17 heavy (non-hydrogen) atoms. The van der Waals surface area contributed by atoms with E-state index in [4.69, 9.17) is 0 Å². The van der Waals surface area contributed by atoms with E-state index in [1.54, 1.807) is 12.1 Å². The molecule has 0 amide bonds. The Bertz CT molecular complexity index is 380. The lowest BCUT2D eigenvalue weighted by Gasteiger charge is -2.41. The lowest BCUT2D eigenvalue weighted by atomic mass is 9.83. The first-order valence-corrected chi connectivity index (χ1v) is 6.25. The Morgan fingerprint density at radius 3 is 2.94 bits per heavy atom. The van der Waals surface area contributed by atoms with E-state index in [1.165, 1.54) is 12.5 Å². The first kappa shape index (κ1) is 12.5. The largest absolute Gasteiger partial charge is 0.313 e. The molecule has 1 aliphatic rings. The number of nitrogens with zero attached hydrogens (tertiary/aromatic N) is 1. The molecular formula is C14H21FN2. The van der Waals surface area contributed by atoms with Gasteiger partial charge >= 0.3 is 0 Å². The van der Waals surface area contributed by atoms with Crippen LogP contribution in [-0.4, -0.2) is 37.6 Å². The summed E-state index contributed by atoms with van der Waals surface area (Å²) in [6, 6.07) is 6.95. The van der Waals surface area contributed by atoms with Crippen LogP contribution in [0, 0.1) is 5.82 Å². The van der Waals surface area contributed by atoms with Crippen molar-refractivity contribution in [3.05, 3.63) is 35.6 Å². The fourth-order valence-corrected chi connectivity index (χ4v) is 2.84. The van der Waals surface area contributed by atoms with Gasteiger partial charge in [-0.2, -0.15) is 0 Å². The summed E-state index contributed by atoms with van der Waals surface area (Å²) in [7, 11) is 4.16. The molecule has 1 aromatic carbocycles. The molecule has 0 aliphatic carbocycles. The predicted molar refractivity (Wildman–Crippen MR) is 68.6 cm³/mol. The summed E-state index contributed by atoms with van der Waals surface area (Å²) < 4.78 is 13.2. The maximum atomic E-state index is 13.2. The summed E-state index contributed by atoms with van der Waals surface area (Å²) in [6.07, 6.45) is 3.25. The zero-order chi connectivity index (χ0) is 12.3. The van der Waals surface area contributed by atoms with E-state index in [2.05, 4.69) is 17.3 Å². The summed E-state index contributed by atoms with van der Waals surface area (Å²) in [5, 5.41) is 3.45. The third kappa shape index (κ3) is 3.05. The van der Waals surface area contributed by atoms with Gasteiger partial charge in [0.15, 0.2) is 0 Å². The highest BCUT2D eigenvalue weighted by Gasteiger charge is 2.32. The molecule has 1 aliphatic heterocycles.